The lowest BCUT2D eigenvalue weighted by Gasteiger charge is -2.50. The molecule has 1 saturated heterocycles. The van der Waals surface area contributed by atoms with Crippen molar-refractivity contribution in [2.75, 3.05) is 0 Å². The zero-order chi connectivity index (χ0) is 16.4. The van der Waals surface area contributed by atoms with Gasteiger partial charge >= 0.3 is 0 Å². The summed E-state index contributed by atoms with van der Waals surface area (Å²) >= 11 is 0. The number of ketones is 1. The van der Waals surface area contributed by atoms with E-state index in [1.54, 1.807) is 0 Å². The lowest BCUT2D eigenvalue weighted by molar-refractivity contribution is -0.130. The van der Waals surface area contributed by atoms with Gasteiger partial charge in [0.15, 0.2) is 0 Å². The van der Waals surface area contributed by atoms with Gasteiger partial charge in [-0.1, -0.05) is 38.5 Å². The highest BCUT2D eigenvalue weighted by molar-refractivity contribution is 5.95. The van der Waals surface area contributed by atoms with Gasteiger partial charge in [-0.25, -0.2) is 0 Å². The van der Waals surface area contributed by atoms with Crippen LogP contribution < -0.4 is 0 Å². The van der Waals surface area contributed by atoms with Crippen molar-refractivity contribution in [2.45, 2.75) is 64.5 Å². The molecule has 1 aliphatic carbocycles. The fourth-order valence-corrected chi connectivity index (χ4v) is 4.55. The second kappa shape index (κ2) is 6.86. The normalized spacial score (nSPS) is 30.9. The van der Waals surface area contributed by atoms with Crippen molar-refractivity contribution in [3.63, 3.8) is 0 Å². The van der Waals surface area contributed by atoms with Crippen LogP contribution in [0.1, 0.15) is 62.7 Å². The van der Waals surface area contributed by atoms with Crippen LogP contribution in [0.25, 0.3) is 0 Å². The molecule has 0 N–H and O–H groups in total. The van der Waals surface area contributed by atoms with Crippen LogP contribution in [0, 0.1) is 11.8 Å². The molecule has 23 heavy (non-hydrogen) atoms. The molecule has 1 heterocycles. The molecule has 0 spiro atoms. The number of amides is 1. The largest absolute Gasteiger partial charge is 0.332 e. The standard InChI is InChI=1S/C20H27NO2/c1-3-7-16-10-11-17-14(2)19(22)13-12-18(17)21(16)20(23)15-8-5-4-6-9-15/h4-6,8-9,14,16-18H,3,7,10-13H2,1-2H3/t14-,16-,17-,18+/m0/s1. The maximum Gasteiger partial charge on any atom is 0.254 e. The average molecular weight is 313 g/mol. The predicted octanol–water partition coefficient (Wildman–Crippen LogP) is 4.08. The van der Waals surface area contributed by atoms with Crippen LogP contribution in [0.3, 0.4) is 0 Å². The van der Waals surface area contributed by atoms with Crippen molar-refractivity contribution in [3.05, 3.63) is 35.9 Å². The van der Waals surface area contributed by atoms with E-state index in [0.717, 1.165) is 37.7 Å². The number of carbonyl (C=O) groups is 2. The van der Waals surface area contributed by atoms with Crippen LogP contribution in [0.5, 0.6) is 0 Å². The molecule has 124 valence electrons. The summed E-state index contributed by atoms with van der Waals surface area (Å²) in [5, 5.41) is 0. The number of fused-ring (bicyclic) bond motifs is 1. The van der Waals surface area contributed by atoms with Gasteiger partial charge in [0, 0.05) is 30.0 Å². The summed E-state index contributed by atoms with van der Waals surface area (Å²) in [4.78, 5) is 27.4. The zero-order valence-electron chi connectivity index (χ0n) is 14.2. The van der Waals surface area contributed by atoms with Gasteiger partial charge in [0.2, 0.25) is 0 Å². The Hall–Kier alpha value is -1.64. The summed E-state index contributed by atoms with van der Waals surface area (Å²) in [5.41, 5.74) is 0.777. The van der Waals surface area contributed by atoms with E-state index in [2.05, 4.69) is 18.7 Å². The Morgan fingerprint density at radius 1 is 1.17 bits per heavy atom. The summed E-state index contributed by atoms with van der Waals surface area (Å²) in [6.45, 7) is 4.24. The van der Waals surface area contributed by atoms with Crippen molar-refractivity contribution in [3.8, 4) is 0 Å². The Morgan fingerprint density at radius 3 is 2.61 bits per heavy atom. The molecule has 1 aromatic rings. The number of hydrogen-bond acceptors (Lipinski definition) is 2. The molecule has 3 rings (SSSR count). The van der Waals surface area contributed by atoms with Gasteiger partial charge in [0.1, 0.15) is 5.78 Å². The first kappa shape index (κ1) is 16.2. The lowest BCUT2D eigenvalue weighted by Crippen LogP contribution is -2.57. The van der Waals surface area contributed by atoms with Crippen LogP contribution in [0.4, 0.5) is 0 Å². The summed E-state index contributed by atoms with van der Waals surface area (Å²) in [7, 11) is 0. The Bertz CT molecular complexity index is 568. The minimum atomic E-state index is 0.0994. The number of benzene rings is 1. The topological polar surface area (TPSA) is 37.4 Å². The van der Waals surface area contributed by atoms with Gasteiger partial charge in [-0.2, -0.15) is 0 Å². The molecular formula is C20H27NO2. The SMILES string of the molecule is CCC[C@H]1CC[C@H]2[C@H](C)C(=O)CC[C@H]2N1C(=O)c1ccccc1. The molecule has 2 aliphatic rings. The van der Waals surface area contributed by atoms with E-state index in [0.29, 0.717) is 24.2 Å². The lowest BCUT2D eigenvalue weighted by atomic mass is 9.69. The van der Waals surface area contributed by atoms with E-state index in [1.165, 1.54) is 0 Å². The highest BCUT2D eigenvalue weighted by Gasteiger charge is 2.45. The third kappa shape index (κ3) is 3.06. The first-order valence-corrected chi connectivity index (χ1v) is 9.04. The molecule has 1 saturated carbocycles. The maximum atomic E-state index is 13.2. The highest BCUT2D eigenvalue weighted by atomic mass is 16.2. The molecule has 3 nitrogen and oxygen atoms in total. The summed E-state index contributed by atoms with van der Waals surface area (Å²) in [5.74, 6) is 0.979. The molecule has 0 aromatic heterocycles. The Morgan fingerprint density at radius 2 is 1.91 bits per heavy atom. The van der Waals surface area contributed by atoms with Crippen molar-refractivity contribution in [1.29, 1.82) is 0 Å². The Balaban J connectivity index is 1.91. The van der Waals surface area contributed by atoms with Gasteiger partial charge in [-0.05, 0) is 43.7 Å². The van der Waals surface area contributed by atoms with E-state index >= 15 is 0 Å². The quantitative estimate of drug-likeness (QED) is 0.843. The van der Waals surface area contributed by atoms with E-state index in [-0.39, 0.29) is 17.9 Å². The first-order chi connectivity index (χ1) is 11.1. The molecule has 1 aliphatic heterocycles. The molecule has 0 unspecified atom stereocenters. The Kier molecular flexibility index (Phi) is 4.84. The van der Waals surface area contributed by atoms with Gasteiger partial charge in [-0.3, -0.25) is 9.59 Å². The van der Waals surface area contributed by atoms with Crippen molar-refractivity contribution < 1.29 is 9.59 Å². The third-order valence-corrected chi connectivity index (χ3v) is 5.79. The number of hydrogen-bond donors (Lipinski definition) is 0. The highest BCUT2D eigenvalue weighted by Crippen LogP contribution is 2.41. The number of Topliss-reactive ketones (excluding diaryl/α,β-unsaturated/α-hetero) is 1. The van der Waals surface area contributed by atoms with Crippen LogP contribution >= 0.6 is 0 Å². The van der Waals surface area contributed by atoms with Crippen LogP contribution in [0.2, 0.25) is 0 Å². The van der Waals surface area contributed by atoms with Gasteiger partial charge in [0.05, 0.1) is 0 Å². The average Bonchev–Trinajstić information content (AvgIpc) is 2.58. The predicted molar refractivity (Wildman–Crippen MR) is 91.2 cm³/mol. The molecule has 0 radical (unpaired) electrons. The molecular weight excluding hydrogens is 286 g/mol. The minimum Gasteiger partial charge on any atom is -0.332 e. The smallest absolute Gasteiger partial charge is 0.254 e. The van der Waals surface area contributed by atoms with Crippen LogP contribution in [-0.2, 0) is 4.79 Å². The van der Waals surface area contributed by atoms with Gasteiger partial charge in [-0.15, -0.1) is 0 Å². The second-order valence-corrected chi connectivity index (χ2v) is 7.12. The van der Waals surface area contributed by atoms with Crippen molar-refractivity contribution >= 4 is 11.7 Å². The number of likely N-dealkylation sites (tertiary alicyclic amines) is 1. The number of nitrogens with zero attached hydrogens (tertiary/aromatic N) is 1. The fourth-order valence-electron chi connectivity index (χ4n) is 4.55. The van der Waals surface area contributed by atoms with Crippen LogP contribution in [-0.4, -0.2) is 28.7 Å². The number of carbonyl (C=O) groups excluding carboxylic acids is 2. The first-order valence-electron chi connectivity index (χ1n) is 9.04. The molecule has 0 bridgehead atoms. The molecule has 4 atom stereocenters. The summed E-state index contributed by atoms with van der Waals surface area (Å²) in [6.07, 6.45) is 5.73. The number of rotatable bonds is 3. The van der Waals surface area contributed by atoms with E-state index < -0.39 is 0 Å². The third-order valence-electron chi connectivity index (χ3n) is 5.79. The fraction of sp³-hybridized carbons (Fsp3) is 0.600. The van der Waals surface area contributed by atoms with Crippen molar-refractivity contribution in [2.24, 2.45) is 11.8 Å². The maximum absolute atomic E-state index is 13.2. The summed E-state index contributed by atoms with van der Waals surface area (Å²) < 4.78 is 0. The second-order valence-electron chi connectivity index (χ2n) is 7.12. The molecule has 1 aromatic carbocycles. The number of piperidine rings is 1. The minimum absolute atomic E-state index is 0.0994. The van der Waals surface area contributed by atoms with Gasteiger partial charge < -0.3 is 4.90 Å². The summed E-state index contributed by atoms with van der Waals surface area (Å²) in [6, 6.07) is 10.2. The van der Waals surface area contributed by atoms with Gasteiger partial charge in [0.25, 0.3) is 5.91 Å². The monoisotopic (exact) mass is 313 g/mol. The van der Waals surface area contributed by atoms with E-state index in [4.69, 9.17) is 0 Å². The van der Waals surface area contributed by atoms with Crippen LogP contribution in [0.15, 0.2) is 30.3 Å². The Labute approximate surface area is 139 Å². The van der Waals surface area contributed by atoms with Crippen molar-refractivity contribution in [1.82, 2.24) is 4.90 Å². The van der Waals surface area contributed by atoms with E-state index in [9.17, 15) is 9.59 Å². The molecule has 2 fully saturated rings. The molecule has 1 amide bonds. The zero-order valence-corrected chi connectivity index (χ0v) is 14.2. The van der Waals surface area contributed by atoms with E-state index in [1.807, 2.05) is 30.3 Å². The molecule has 3 heteroatoms.